The van der Waals surface area contributed by atoms with Crippen LogP contribution in [0.5, 0.6) is 0 Å². The topological polar surface area (TPSA) is 49.4 Å². The molecule has 4 nitrogen and oxygen atoms in total. The normalized spacial score (nSPS) is 15.4. The molecular formula is C13H13F3N2O2S. The minimum absolute atomic E-state index is 0.00206. The maximum atomic E-state index is 12.5. The number of hydrogen-bond acceptors (Lipinski definition) is 3. The molecule has 21 heavy (non-hydrogen) atoms. The lowest BCUT2D eigenvalue weighted by Crippen LogP contribution is -2.36. The second kappa shape index (κ2) is 6.38. The van der Waals surface area contributed by atoms with Gasteiger partial charge < -0.3 is 10.2 Å². The molecule has 1 aromatic carbocycles. The summed E-state index contributed by atoms with van der Waals surface area (Å²) in [6, 6.07) is 4.78. The zero-order valence-corrected chi connectivity index (χ0v) is 11.8. The van der Waals surface area contributed by atoms with Gasteiger partial charge in [-0.15, -0.1) is 0 Å². The van der Waals surface area contributed by atoms with Crippen molar-refractivity contribution >= 4 is 22.9 Å². The number of nitrogens with zero attached hydrogens (tertiary/aromatic N) is 1. The molecule has 8 heteroatoms. The van der Waals surface area contributed by atoms with Gasteiger partial charge >= 0.3 is 6.18 Å². The maximum Gasteiger partial charge on any atom is 0.416 e. The van der Waals surface area contributed by atoms with Gasteiger partial charge in [-0.1, -0.05) is 23.9 Å². The van der Waals surface area contributed by atoms with Crippen LogP contribution in [0.25, 0.3) is 0 Å². The Balaban J connectivity index is 1.88. The first kappa shape index (κ1) is 15.7. The van der Waals surface area contributed by atoms with Crippen LogP contribution in [0.2, 0.25) is 0 Å². The molecule has 0 unspecified atom stereocenters. The van der Waals surface area contributed by atoms with Crippen molar-refractivity contribution in [3.8, 4) is 0 Å². The molecule has 0 radical (unpaired) electrons. The molecular weight excluding hydrogens is 305 g/mol. The fourth-order valence-electron chi connectivity index (χ4n) is 1.86. The van der Waals surface area contributed by atoms with Crippen molar-refractivity contribution in [3.63, 3.8) is 0 Å². The van der Waals surface area contributed by atoms with Crippen LogP contribution in [-0.2, 0) is 17.5 Å². The first-order chi connectivity index (χ1) is 9.86. The Morgan fingerprint density at radius 2 is 2.14 bits per heavy atom. The molecule has 1 N–H and O–H groups in total. The lowest BCUT2D eigenvalue weighted by Gasteiger charge is -2.14. The number of hydrogen-bond donors (Lipinski definition) is 1. The highest BCUT2D eigenvalue weighted by atomic mass is 32.2. The molecule has 0 bridgehead atoms. The van der Waals surface area contributed by atoms with Gasteiger partial charge in [-0.05, 0) is 17.7 Å². The van der Waals surface area contributed by atoms with E-state index in [-0.39, 0.29) is 24.2 Å². The lowest BCUT2D eigenvalue weighted by atomic mass is 10.1. The molecule has 1 aliphatic heterocycles. The van der Waals surface area contributed by atoms with E-state index in [0.717, 1.165) is 23.9 Å². The molecule has 0 spiro atoms. The number of benzene rings is 1. The number of thioether (sulfide) groups is 1. The Morgan fingerprint density at radius 3 is 2.76 bits per heavy atom. The van der Waals surface area contributed by atoms with E-state index in [4.69, 9.17) is 0 Å². The molecule has 1 aliphatic rings. The first-order valence-electron chi connectivity index (χ1n) is 6.21. The van der Waals surface area contributed by atoms with E-state index in [0.29, 0.717) is 17.9 Å². The van der Waals surface area contributed by atoms with E-state index >= 15 is 0 Å². The molecule has 2 rings (SSSR count). The van der Waals surface area contributed by atoms with Crippen LogP contribution in [0.4, 0.5) is 18.0 Å². The molecule has 1 saturated heterocycles. The Hall–Kier alpha value is -1.70. The highest BCUT2D eigenvalue weighted by Gasteiger charge is 2.30. The van der Waals surface area contributed by atoms with E-state index in [1.54, 1.807) is 0 Å². The summed E-state index contributed by atoms with van der Waals surface area (Å²) in [6.07, 6.45) is -4.40. The summed E-state index contributed by atoms with van der Waals surface area (Å²) < 4.78 is 37.6. The monoisotopic (exact) mass is 318 g/mol. The Kier molecular flexibility index (Phi) is 4.76. The summed E-state index contributed by atoms with van der Waals surface area (Å²) in [5.41, 5.74) is -0.388. The minimum atomic E-state index is -4.40. The van der Waals surface area contributed by atoms with Crippen LogP contribution in [0, 0.1) is 0 Å². The van der Waals surface area contributed by atoms with Gasteiger partial charge in [0.05, 0.1) is 5.56 Å². The molecule has 0 saturated carbocycles. The summed E-state index contributed by atoms with van der Waals surface area (Å²) in [6.45, 7) is 0.448. The van der Waals surface area contributed by atoms with Gasteiger partial charge in [0.25, 0.3) is 5.24 Å². The quantitative estimate of drug-likeness (QED) is 0.928. The number of carbonyl (C=O) groups is 2. The summed E-state index contributed by atoms with van der Waals surface area (Å²) >= 11 is 1.15. The van der Waals surface area contributed by atoms with Gasteiger partial charge in [-0.2, -0.15) is 13.2 Å². The van der Waals surface area contributed by atoms with Crippen LogP contribution in [0.3, 0.4) is 0 Å². The Morgan fingerprint density at radius 1 is 1.38 bits per heavy atom. The van der Waals surface area contributed by atoms with Crippen molar-refractivity contribution in [2.24, 2.45) is 0 Å². The van der Waals surface area contributed by atoms with Crippen LogP contribution >= 0.6 is 11.8 Å². The lowest BCUT2D eigenvalue weighted by molar-refractivity contribution is -0.137. The summed E-state index contributed by atoms with van der Waals surface area (Å²) in [7, 11) is 0. The standard InChI is InChI=1S/C13H13F3N2O2S/c14-13(15,16)10-3-1-2-9(6-10)7-17-11(19)8-18-4-5-21-12(18)20/h1-3,6H,4-5,7-8H2,(H,17,19). The fourth-order valence-corrected chi connectivity index (χ4v) is 2.68. The zero-order valence-electron chi connectivity index (χ0n) is 10.9. The third-order valence-electron chi connectivity index (χ3n) is 2.92. The van der Waals surface area contributed by atoms with Gasteiger partial charge in [0.15, 0.2) is 0 Å². The maximum absolute atomic E-state index is 12.5. The molecule has 114 valence electrons. The molecule has 1 heterocycles. The van der Waals surface area contributed by atoms with Crippen molar-refractivity contribution in [1.29, 1.82) is 0 Å². The van der Waals surface area contributed by atoms with Gasteiger partial charge in [-0.25, -0.2) is 0 Å². The summed E-state index contributed by atoms with van der Waals surface area (Å²) in [5, 5.41) is 2.37. The largest absolute Gasteiger partial charge is 0.416 e. The zero-order chi connectivity index (χ0) is 15.5. The van der Waals surface area contributed by atoms with E-state index < -0.39 is 11.7 Å². The molecule has 0 atom stereocenters. The number of rotatable bonds is 4. The second-order valence-corrected chi connectivity index (χ2v) is 5.56. The van der Waals surface area contributed by atoms with Gasteiger partial charge in [0.2, 0.25) is 5.91 Å². The van der Waals surface area contributed by atoms with Gasteiger partial charge in [0.1, 0.15) is 6.54 Å². The smallest absolute Gasteiger partial charge is 0.350 e. The van der Waals surface area contributed by atoms with Crippen LogP contribution in [0.15, 0.2) is 24.3 Å². The molecule has 1 aromatic rings. The highest BCUT2D eigenvalue weighted by molar-refractivity contribution is 8.13. The Labute approximate surface area is 123 Å². The van der Waals surface area contributed by atoms with E-state index in [9.17, 15) is 22.8 Å². The molecule has 0 aliphatic carbocycles. The SMILES string of the molecule is O=C(CN1CCSC1=O)NCc1cccc(C(F)(F)F)c1. The van der Waals surface area contributed by atoms with E-state index in [1.807, 2.05) is 0 Å². The van der Waals surface area contributed by atoms with Crippen molar-refractivity contribution in [2.75, 3.05) is 18.8 Å². The summed E-state index contributed by atoms with van der Waals surface area (Å²) in [5.74, 6) is 0.267. The molecule has 2 amide bonds. The van der Waals surface area contributed by atoms with Crippen LogP contribution in [0.1, 0.15) is 11.1 Å². The van der Waals surface area contributed by atoms with Crippen molar-refractivity contribution in [2.45, 2.75) is 12.7 Å². The average molecular weight is 318 g/mol. The number of amides is 2. The van der Waals surface area contributed by atoms with Gasteiger partial charge in [0, 0.05) is 18.8 Å². The Bertz CT molecular complexity index is 548. The van der Waals surface area contributed by atoms with Crippen molar-refractivity contribution < 1.29 is 22.8 Å². The first-order valence-corrected chi connectivity index (χ1v) is 7.19. The molecule has 0 aromatic heterocycles. The van der Waals surface area contributed by atoms with E-state index in [2.05, 4.69) is 5.32 Å². The van der Waals surface area contributed by atoms with E-state index in [1.165, 1.54) is 17.0 Å². The van der Waals surface area contributed by atoms with Crippen LogP contribution in [-0.4, -0.2) is 34.9 Å². The van der Waals surface area contributed by atoms with Crippen molar-refractivity contribution in [3.05, 3.63) is 35.4 Å². The minimum Gasteiger partial charge on any atom is -0.350 e. The third kappa shape index (κ3) is 4.38. The third-order valence-corrected chi connectivity index (χ3v) is 3.82. The second-order valence-electron chi connectivity index (χ2n) is 4.51. The predicted molar refractivity (Wildman–Crippen MR) is 72.7 cm³/mol. The number of halogens is 3. The number of alkyl halides is 3. The van der Waals surface area contributed by atoms with Crippen molar-refractivity contribution in [1.82, 2.24) is 10.2 Å². The predicted octanol–water partition coefficient (Wildman–Crippen LogP) is 2.49. The fraction of sp³-hybridized carbons (Fsp3) is 0.385. The number of nitrogens with one attached hydrogen (secondary N) is 1. The van der Waals surface area contributed by atoms with Gasteiger partial charge in [-0.3, -0.25) is 9.59 Å². The highest BCUT2D eigenvalue weighted by Crippen LogP contribution is 2.29. The number of carbonyl (C=O) groups excluding carboxylic acids is 2. The molecule has 1 fully saturated rings. The average Bonchev–Trinajstić information content (AvgIpc) is 2.81. The summed E-state index contributed by atoms with van der Waals surface area (Å²) in [4.78, 5) is 24.4. The van der Waals surface area contributed by atoms with Crippen LogP contribution < -0.4 is 5.32 Å².